The van der Waals surface area contributed by atoms with E-state index in [1.807, 2.05) is 0 Å². The van der Waals surface area contributed by atoms with Crippen LogP contribution in [0.4, 0.5) is 17.6 Å². The Labute approximate surface area is 171 Å². The number of thioether (sulfide) groups is 1. The van der Waals surface area contributed by atoms with Crippen molar-refractivity contribution in [1.82, 2.24) is 20.4 Å². The molecule has 2 heterocycles. The van der Waals surface area contributed by atoms with Gasteiger partial charge in [0.25, 0.3) is 5.91 Å². The summed E-state index contributed by atoms with van der Waals surface area (Å²) in [5, 5.41) is 0.349. The molecular weight excluding hydrogens is 424 g/mol. The van der Waals surface area contributed by atoms with Crippen molar-refractivity contribution >= 4 is 34.5 Å². The van der Waals surface area contributed by atoms with E-state index in [-0.39, 0.29) is 28.0 Å². The highest BCUT2D eigenvalue weighted by molar-refractivity contribution is 8.00. The molecule has 1 unspecified atom stereocenters. The first kappa shape index (κ1) is 20.1. The highest BCUT2D eigenvalue weighted by atomic mass is 32.2. The number of hydrazine groups is 1. The molecule has 2 aromatic carbocycles. The summed E-state index contributed by atoms with van der Waals surface area (Å²) in [6.07, 6.45) is -3.42. The van der Waals surface area contributed by atoms with Gasteiger partial charge in [0.1, 0.15) is 11.2 Å². The molecule has 1 aliphatic rings. The number of carbonyl (C=O) groups excluding carboxylic acids is 2. The van der Waals surface area contributed by atoms with E-state index in [4.69, 9.17) is 0 Å². The van der Waals surface area contributed by atoms with Crippen LogP contribution in [0, 0.1) is 5.82 Å². The van der Waals surface area contributed by atoms with E-state index >= 15 is 0 Å². The molecule has 0 aliphatic carbocycles. The van der Waals surface area contributed by atoms with Gasteiger partial charge in [-0.05, 0) is 24.3 Å². The summed E-state index contributed by atoms with van der Waals surface area (Å²) in [5.41, 5.74) is 1.88. The molecule has 1 aromatic heterocycles. The number of aromatic nitrogens is 2. The molecule has 0 bridgehead atoms. The van der Waals surface area contributed by atoms with Crippen molar-refractivity contribution in [3.8, 4) is 0 Å². The third kappa shape index (κ3) is 3.80. The standard InChI is InChI=1S/C19H12F4N4O2S/c20-13-4-2-1-3-12(13)18-27(15(28)9-30-18)26-17(29)16-24-8-10-7-11(19(21,22)23)5-6-14(10)25-16/h1-8,18H,9H2,(H,26,29). The minimum absolute atomic E-state index is 0.0398. The fourth-order valence-electron chi connectivity index (χ4n) is 2.93. The van der Waals surface area contributed by atoms with E-state index in [2.05, 4.69) is 15.4 Å². The van der Waals surface area contributed by atoms with Gasteiger partial charge in [-0.3, -0.25) is 15.0 Å². The number of halogens is 4. The molecule has 1 N–H and O–H groups in total. The monoisotopic (exact) mass is 436 g/mol. The topological polar surface area (TPSA) is 75.2 Å². The molecule has 30 heavy (non-hydrogen) atoms. The third-order valence-electron chi connectivity index (χ3n) is 4.37. The first-order valence-electron chi connectivity index (χ1n) is 8.57. The lowest BCUT2D eigenvalue weighted by molar-refractivity contribution is -0.137. The Balaban J connectivity index is 1.59. The molecule has 1 atom stereocenters. The number of hydrogen-bond acceptors (Lipinski definition) is 5. The van der Waals surface area contributed by atoms with Gasteiger partial charge in [0, 0.05) is 17.1 Å². The highest BCUT2D eigenvalue weighted by Crippen LogP contribution is 2.38. The van der Waals surface area contributed by atoms with Gasteiger partial charge in [-0.2, -0.15) is 13.2 Å². The first-order valence-corrected chi connectivity index (χ1v) is 9.62. The predicted molar refractivity (Wildman–Crippen MR) is 100 cm³/mol. The average molecular weight is 436 g/mol. The molecule has 4 rings (SSSR count). The van der Waals surface area contributed by atoms with E-state index in [1.165, 1.54) is 18.2 Å². The van der Waals surface area contributed by atoms with Crippen molar-refractivity contribution in [3.05, 3.63) is 71.4 Å². The number of alkyl halides is 3. The normalized spacial score (nSPS) is 16.9. The average Bonchev–Trinajstić information content (AvgIpc) is 3.07. The zero-order valence-corrected chi connectivity index (χ0v) is 15.8. The minimum Gasteiger partial charge on any atom is -0.272 e. The van der Waals surface area contributed by atoms with Gasteiger partial charge in [-0.1, -0.05) is 18.2 Å². The van der Waals surface area contributed by atoms with Gasteiger partial charge < -0.3 is 0 Å². The van der Waals surface area contributed by atoms with Gasteiger partial charge in [0.05, 0.1) is 16.8 Å². The number of fused-ring (bicyclic) bond motifs is 1. The summed E-state index contributed by atoms with van der Waals surface area (Å²) in [4.78, 5) is 32.5. The summed E-state index contributed by atoms with van der Waals surface area (Å²) in [7, 11) is 0. The number of carbonyl (C=O) groups is 2. The largest absolute Gasteiger partial charge is 0.416 e. The van der Waals surface area contributed by atoms with E-state index < -0.39 is 34.7 Å². The molecule has 0 spiro atoms. The molecule has 3 aromatic rings. The van der Waals surface area contributed by atoms with Crippen molar-refractivity contribution in [2.45, 2.75) is 11.6 Å². The fourth-order valence-corrected chi connectivity index (χ4v) is 4.06. The number of benzene rings is 2. The van der Waals surface area contributed by atoms with Crippen molar-refractivity contribution in [3.63, 3.8) is 0 Å². The quantitative estimate of drug-likeness (QED) is 0.634. The fraction of sp³-hybridized carbons (Fsp3) is 0.158. The van der Waals surface area contributed by atoms with Crippen molar-refractivity contribution in [2.24, 2.45) is 0 Å². The molecule has 1 aliphatic heterocycles. The smallest absolute Gasteiger partial charge is 0.272 e. The molecule has 0 saturated carbocycles. The second kappa shape index (κ2) is 7.56. The maximum Gasteiger partial charge on any atom is 0.416 e. The molecule has 0 radical (unpaired) electrons. The zero-order valence-electron chi connectivity index (χ0n) is 15.0. The van der Waals surface area contributed by atoms with Crippen LogP contribution in [0.1, 0.15) is 27.1 Å². The second-order valence-electron chi connectivity index (χ2n) is 6.35. The van der Waals surface area contributed by atoms with Crippen LogP contribution in [-0.4, -0.2) is 32.5 Å². The van der Waals surface area contributed by atoms with Crippen LogP contribution < -0.4 is 5.43 Å². The lowest BCUT2D eigenvalue weighted by Gasteiger charge is -2.24. The Hall–Kier alpha value is -3.21. The van der Waals surface area contributed by atoms with Crippen LogP contribution >= 0.6 is 11.8 Å². The van der Waals surface area contributed by atoms with Crippen molar-refractivity contribution in [2.75, 3.05) is 5.75 Å². The Bertz CT molecular complexity index is 1150. The molecular formula is C19H12F4N4O2S. The van der Waals surface area contributed by atoms with E-state index in [0.717, 1.165) is 41.2 Å². The third-order valence-corrected chi connectivity index (χ3v) is 5.57. The van der Waals surface area contributed by atoms with Crippen LogP contribution in [-0.2, 0) is 11.0 Å². The Morgan fingerprint density at radius 2 is 1.97 bits per heavy atom. The summed E-state index contributed by atoms with van der Waals surface area (Å²) in [5.74, 6) is -2.09. The maximum absolute atomic E-state index is 14.1. The van der Waals surface area contributed by atoms with Crippen LogP contribution in [0.2, 0.25) is 0 Å². The van der Waals surface area contributed by atoms with Gasteiger partial charge >= 0.3 is 12.1 Å². The van der Waals surface area contributed by atoms with Crippen molar-refractivity contribution < 1.29 is 27.2 Å². The van der Waals surface area contributed by atoms with E-state index in [9.17, 15) is 27.2 Å². The Morgan fingerprint density at radius 1 is 1.20 bits per heavy atom. The highest BCUT2D eigenvalue weighted by Gasteiger charge is 2.36. The van der Waals surface area contributed by atoms with Crippen LogP contribution in [0.3, 0.4) is 0 Å². The maximum atomic E-state index is 14.1. The number of rotatable bonds is 3. The molecule has 154 valence electrons. The lowest BCUT2D eigenvalue weighted by atomic mass is 10.1. The first-order chi connectivity index (χ1) is 14.2. The summed E-state index contributed by atoms with van der Waals surface area (Å²) in [6, 6.07) is 8.75. The lowest BCUT2D eigenvalue weighted by Crippen LogP contribution is -2.45. The summed E-state index contributed by atoms with van der Waals surface area (Å²) in [6.45, 7) is 0. The number of hydrogen-bond donors (Lipinski definition) is 1. The van der Waals surface area contributed by atoms with Crippen LogP contribution in [0.15, 0.2) is 48.7 Å². The predicted octanol–water partition coefficient (Wildman–Crippen LogP) is 3.71. The SMILES string of the molecule is O=C(NN1C(=O)CSC1c1ccccc1F)c1ncc2cc(C(F)(F)F)ccc2n1. The number of amides is 2. The molecule has 2 amide bonds. The van der Waals surface area contributed by atoms with Gasteiger partial charge in [-0.25, -0.2) is 19.4 Å². The molecule has 11 heteroatoms. The minimum atomic E-state index is -4.51. The van der Waals surface area contributed by atoms with Gasteiger partial charge in [-0.15, -0.1) is 11.8 Å². The van der Waals surface area contributed by atoms with Crippen molar-refractivity contribution in [1.29, 1.82) is 0 Å². The second-order valence-corrected chi connectivity index (χ2v) is 7.42. The zero-order chi connectivity index (χ0) is 21.5. The van der Waals surface area contributed by atoms with Crippen LogP contribution in [0.5, 0.6) is 0 Å². The Morgan fingerprint density at radius 3 is 2.70 bits per heavy atom. The molecule has 1 fully saturated rings. The van der Waals surface area contributed by atoms with Gasteiger partial charge in [0.15, 0.2) is 0 Å². The van der Waals surface area contributed by atoms with E-state index in [0.29, 0.717) is 0 Å². The number of nitrogens with zero attached hydrogens (tertiary/aromatic N) is 3. The Kier molecular flexibility index (Phi) is 5.06. The number of nitrogens with one attached hydrogen (secondary N) is 1. The summed E-state index contributed by atoms with van der Waals surface area (Å²) >= 11 is 1.14. The van der Waals surface area contributed by atoms with E-state index in [1.54, 1.807) is 6.07 Å². The molecule has 6 nitrogen and oxygen atoms in total. The summed E-state index contributed by atoms with van der Waals surface area (Å²) < 4.78 is 52.6. The van der Waals surface area contributed by atoms with Crippen LogP contribution in [0.25, 0.3) is 10.9 Å². The van der Waals surface area contributed by atoms with Gasteiger partial charge in [0.2, 0.25) is 5.82 Å². The molecule has 1 saturated heterocycles.